The van der Waals surface area contributed by atoms with Crippen LogP contribution >= 0.6 is 11.6 Å². The van der Waals surface area contributed by atoms with Crippen molar-refractivity contribution in [1.82, 2.24) is 19.9 Å². The zero-order valence-corrected chi connectivity index (χ0v) is 6.50. The second kappa shape index (κ2) is 2.43. The van der Waals surface area contributed by atoms with Crippen molar-refractivity contribution in [3.63, 3.8) is 0 Å². The molecule has 0 atom stereocenters. The van der Waals surface area contributed by atoms with E-state index in [1.54, 1.807) is 6.07 Å². The second-order valence-corrected chi connectivity index (χ2v) is 2.41. The average molecular weight is 180 g/mol. The molecule has 0 saturated carbocycles. The lowest BCUT2D eigenvalue weighted by Crippen LogP contribution is -1.90. The minimum absolute atomic E-state index is 0.0274. The summed E-state index contributed by atoms with van der Waals surface area (Å²) in [6.07, 6.45) is 1.45. The third-order valence-electron chi connectivity index (χ3n) is 1.34. The summed E-state index contributed by atoms with van der Waals surface area (Å²) in [6, 6.07) is 1.79. The van der Waals surface area contributed by atoms with Crippen LogP contribution in [0.1, 0.15) is 5.82 Å². The van der Waals surface area contributed by atoms with Gasteiger partial charge in [0.15, 0.2) is 10.8 Å². The molecule has 0 bridgehead atoms. The lowest BCUT2D eigenvalue weighted by Gasteiger charge is -1.90. The van der Waals surface area contributed by atoms with Crippen LogP contribution in [-0.4, -0.2) is 19.9 Å². The molecule has 0 fully saturated rings. The van der Waals surface area contributed by atoms with Crippen LogP contribution in [0, 0.1) is 11.3 Å². The summed E-state index contributed by atoms with van der Waals surface area (Å²) in [6.45, 7) is 0. The van der Waals surface area contributed by atoms with Crippen molar-refractivity contribution >= 4 is 22.8 Å². The third-order valence-corrected chi connectivity index (χ3v) is 1.61. The van der Waals surface area contributed by atoms with Crippen LogP contribution in [-0.2, 0) is 0 Å². The quantitative estimate of drug-likeness (QED) is 0.609. The Morgan fingerprint density at radius 2 is 2.33 bits per heavy atom. The Kier molecular flexibility index (Phi) is 1.42. The molecular formula is C6H2ClN5. The predicted molar refractivity (Wildman–Crippen MR) is 41.4 cm³/mol. The molecule has 58 valence electrons. The molecule has 5 nitrogen and oxygen atoms in total. The minimum atomic E-state index is 0.0274. The van der Waals surface area contributed by atoms with Gasteiger partial charge in [-0.15, -0.1) is 0 Å². The monoisotopic (exact) mass is 179 g/mol. The molecule has 0 spiro atoms. The van der Waals surface area contributed by atoms with Gasteiger partial charge in [0.05, 0.1) is 6.33 Å². The van der Waals surface area contributed by atoms with E-state index in [-0.39, 0.29) is 11.0 Å². The molecule has 1 N–H and O–H groups in total. The van der Waals surface area contributed by atoms with E-state index in [1.807, 2.05) is 0 Å². The van der Waals surface area contributed by atoms with E-state index >= 15 is 0 Å². The van der Waals surface area contributed by atoms with E-state index < -0.39 is 0 Å². The van der Waals surface area contributed by atoms with Gasteiger partial charge in [0.25, 0.3) is 0 Å². The number of H-pyrrole nitrogens is 1. The Bertz CT molecular complexity index is 468. The van der Waals surface area contributed by atoms with Crippen molar-refractivity contribution in [1.29, 1.82) is 5.26 Å². The molecule has 2 aromatic rings. The van der Waals surface area contributed by atoms with E-state index in [9.17, 15) is 0 Å². The molecule has 12 heavy (non-hydrogen) atoms. The zero-order chi connectivity index (χ0) is 8.55. The van der Waals surface area contributed by atoms with Crippen LogP contribution in [0.25, 0.3) is 11.2 Å². The largest absolute Gasteiger partial charge is 0.341 e. The second-order valence-electron chi connectivity index (χ2n) is 2.05. The molecule has 0 amide bonds. The van der Waals surface area contributed by atoms with Gasteiger partial charge in [0, 0.05) is 0 Å². The van der Waals surface area contributed by atoms with Gasteiger partial charge in [-0.05, 0) is 0 Å². The number of halogens is 1. The van der Waals surface area contributed by atoms with Gasteiger partial charge in [-0.3, -0.25) is 0 Å². The van der Waals surface area contributed by atoms with Gasteiger partial charge in [0.1, 0.15) is 11.6 Å². The number of aromatic amines is 1. The van der Waals surface area contributed by atoms with Crippen LogP contribution in [0.2, 0.25) is 5.15 Å². The number of nitrogens with zero attached hydrogens (tertiary/aromatic N) is 4. The number of imidazole rings is 1. The summed E-state index contributed by atoms with van der Waals surface area (Å²) in [5.74, 6) is 0.0274. The number of aromatic nitrogens is 4. The number of nitrogens with one attached hydrogen (secondary N) is 1. The highest BCUT2D eigenvalue weighted by atomic mass is 35.5. The Hall–Kier alpha value is -1.67. The summed E-state index contributed by atoms with van der Waals surface area (Å²) < 4.78 is 0. The highest BCUT2D eigenvalue weighted by Gasteiger charge is 2.06. The lowest BCUT2D eigenvalue weighted by molar-refractivity contribution is 1.14. The molecule has 2 aromatic heterocycles. The van der Waals surface area contributed by atoms with Crippen LogP contribution in [0.3, 0.4) is 0 Å². The first-order chi connectivity index (χ1) is 5.81. The number of rotatable bonds is 0. The maximum absolute atomic E-state index is 8.49. The third kappa shape index (κ3) is 0.898. The molecule has 2 heterocycles. The Balaban J connectivity index is 2.86. The molecule has 0 aliphatic heterocycles. The highest BCUT2D eigenvalue weighted by Crippen LogP contribution is 2.15. The average Bonchev–Trinajstić information content (AvgIpc) is 2.52. The SMILES string of the molecule is N#Cc1nc(Cl)c2[nH]cnc2n1. The van der Waals surface area contributed by atoms with E-state index in [1.165, 1.54) is 6.33 Å². The summed E-state index contributed by atoms with van der Waals surface area (Å²) in [7, 11) is 0. The fourth-order valence-electron chi connectivity index (χ4n) is 0.848. The van der Waals surface area contributed by atoms with E-state index in [4.69, 9.17) is 16.9 Å². The smallest absolute Gasteiger partial charge is 0.235 e. The number of hydrogen-bond donors (Lipinski definition) is 1. The molecule has 2 rings (SSSR count). The van der Waals surface area contributed by atoms with Gasteiger partial charge in [-0.2, -0.15) is 10.2 Å². The normalized spacial score (nSPS) is 10.0. The van der Waals surface area contributed by atoms with Crippen molar-refractivity contribution in [2.75, 3.05) is 0 Å². The lowest BCUT2D eigenvalue weighted by atomic mass is 10.5. The first-order valence-electron chi connectivity index (χ1n) is 3.08. The summed E-state index contributed by atoms with van der Waals surface area (Å²) in [4.78, 5) is 14.1. The Labute approximate surface area is 72.0 Å². The van der Waals surface area contributed by atoms with Gasteiger partial charge in [0.2, 0.25) is 5.82 Å². The molecule has 0 saturated heterocycles. The fraction of sp³-hybridized carbons (Fsp3) is 0. The molecule has 0 aromatic carbocycles. The van der Waals surface area contributed by atoms with Gasteiger partial charge < -0.3 is 4.98 Å². The zero-order valence-electron chi connectivity index (χ0n) is 5.74. The maximum atomic E-state index is 8.49. The number of nitriles is 1. The van der Waals surface area contributed by atoms with E-state index in [0.29, 0.717) is 11.2 Å². The standard InChI is InChI=1S/C6H2ClN5/c7-5-4-6(10-2-9-4)12-3(1-8)11-5/h2H,(H,9,10,11,12). The molecule has 0 unspecified atom stereocenters. The van der Waals surface area contributed by atoms with E-state index in [0.717, 1.165) is 0 Å². The molecule has 6 heteroatoms. The molecule has 0 aliphatic carbocycles. The molecular weight excluding hydrogens is 178 g/mol. The van der Waals surface area contributed by atoms with Crippen LogP contribution in [0.15, 0.2) is 6.33 Å². The van der Waals surface area contributed by atoms with Gasteiger partial charge in [-0.1, -0.05) is 11.6 Å². The van der Waals surface area contributed by atoms with Crippen LogP contribution in [0.4, 0.5) is 0 Å². The van der Waals surface area contributed by atoms with Crippen LogP contribution in [0.5, 0.6) is 0 Å². The molecule has 0 radical (unpaired) electrons. The Morgan fingerprint density at radius 3 is 3.08 bits per heavy atom. The van der Waals surface area contributed by atoms with Crippen molar-refractivity contribution in [2.24, 2.45) is 0 Å². The topological polar surface area (TPSA) is 78.2 Å². The number of hydrogen-bond acceptors (Lipinski definition) is 4. The predicted octanol–water partition coefficient (Wildman–Crippen LogP) is 0.878. The summed E-state index contributed by atoms with van der Waals surface area (Å²) >= 11 is 5.71. The van der Waals surface area contributed by atoms with Crippen molar-refractivity contribution in [3.05, 3.63) is 17.3 Å². The summed E-state index contributed by atoms with van der Waals surface area (Å²) in [5.41, 5.74) is 0.960. The van der Waals surface area contributed by atoms with Crippen molar-refractivity contribution in [3.8, 4) is 6.07 Å². The summed E-state index contributed by atoms with van der Waals surface area (Å²) in [5, 5.41) is 8.70. The van der Waals surface area contributed by atoms with Crippen molar-refractivity contribution in [2.45, 2.75) is 0 Å². The maximum Gasteiger partial charge on any atom is 0.235 e. The number of fused-ring (bicyclic) bond motifs is 1. The first-order valence-corrected chi connectivity index (χ1v) is 3.46. The first kappa shape index (κ1) is 7.00. The molecule has 0 aliphatic rings. The van der Waals surface area contributed by atoms with E-state index in [2.05, 4.69) is 19.9 Å². The minimum Gasteiger partial charge on any atom is -0.341 e. The van der Waals surface area contributed by atoms with Crippen LogP contribution < -0.4 is 0 Å². The highest BCUT2D eigenvalue weighted by molar-refractivity contribution is 6.33. The fourth-order valence-corrected chi connectivity index (χ4v) is 1.07. The Morgan fingerprint density at radius 1 is 1.50 bits per heavy atom. The van der Waals surface area contributed by atoms with Crippen molar-refractivity contribution < 1.29 is 0 Å². The van der Waals surface area contributed by atoms with Gasteiger partial charge >= 0.3 is 0 Å². The van der Waals surface area contributed by atoms with Gasteiger partial charge in [-0.25, -0.2) is 9.97 Å².